The van der Waals surface area contributed by atoms with Crippen LogP contribution in [0.5, 0.6) is 0 Å². The van der Waals surface area contributed by atoms with E-state index in [2.05, 4.69) is 25.3 Å². The lowest BCUT2D eigenvalue weighted by Gasteiger charge is -2.05. The molecule has 6 nitrogen and oxygen atoms in total. The molecular weight excluding hydrogens is 319 g/mol. The summed E-state index contributed by atoms with van der Waals surface area (Å²) in [7, 11) is 0. The first-order chi connectivity index (χ1) is 12.3. The van der Waals surface area contributed by atoms with Gasteiger partial charge >= 0.3 is 0 Å². The van der Waals surface area contributed by atoms with E-state index in [1.807, 2.05) is 22.7 Å². The third-order valence-electron chi connectivity index (χ3n) is 4.66. The number of nitrogens with one attached hydrogen (secondary N) is 1. The maximum atomic E-state index is 13.7. The molecule has 1 aliphatic carbocycles. The van der Waals surface area contributed by atoms with Crippen LogP contribution < -0.4 is 5.32 Å². The molecule has 3 aromatic heterocycles. The zero-order valence-corrected chi connectivity index (χ0v) is 13.6. The molecule has 2 aliphatic rings. The number of halogens is 1. The van der Waals surface area contributed by atoms with Gasteiger partial charge in [0.05, 0.1) is 35.2 Å². The summed E-state index contributed by atoms with van der Waals surface area (Å²) in [6.07, 6.45) is 7.02. The van der Waals surface area contributed by atoms with Crippen molar-refractivity contribution in [2.75, 3.05) is 13.1 Å². The highest BCUT2D eigenvalue weighted by Gasteiger charge is 2.26. The molecule has 7 heteroatoms. The number of imidazole rings is 1. The van der Waals surface area contributed by atoms with Crippen molar-refractivity contribution in [2.24, 2.45) is 4.99 Å². The summed E-state index contributed by atoms with van der Waals surface area (Å²) in [6.45, 7) is 0.793. The van der Waals surface area contributed by atoms with Crippen LogP contribution in [0.1, 0.15) is 24.5 Å². The predicted octanol–water partition coefficient (Wildman–Crippen LogP) is 2.68. The van der Waals surface area contributed by atoms with Crippen LogP contribution in [0.15, 0.2) is 41.8 Å². The van der Waals surface area contributed by atoms with Gasteiger partial charge in [0.25, 0.3) is 0 Å². The molecule has 0 unspecified atom stereocenters. The van der Waals surface area contributed by atoms with Crippen molar-refractivity contribution in [1.82, 2.24) is 24.7 Å². The Kier molecular flexibility index (Phi) is 3.34. The van der Waals surface area contributed by atoms with Crippen molar-refractivity contribution >= 4 is 17.2 Å². The minimum Gasteiger partial charge on any atom is -0.308 e. The van der Waals surface area contributed by atoms with Crippen LogP contribution >= 0.6 is 0 Å². The minimum absolute atomic E-state index is 0.322. The van der Waals surface area contributed by atoms with Crippen molar-refractivity contribution in [3.8, 4) is 11.4 Å². The van der Waals surface area contributed by atoms with Crippen LogP contribution in [0.3, 0.4) is 0 Å². The molecule has 0 spiro atoms. The number of fused-ring (bicyclic) bond motifs is 1. The molecule has 25 heavy (non-hydrogen) atoms. The van der Waals surface area contributed by atoms with Gasteiger partial charge in [-0.05, 0) is 25.0 Å². The van der Waals surface area contributed by atoms with Crippen LogP contribution in [0.2, 0.25) is 0 Å². The Balaban J connectivity index is 1.56. The molecule has 1 atom stereocenters. The van der Waals surface area contributed by atoms with Gasteiger partial charge in [0, 0.05) is 25.2 Å². The summed E-state index contributed by atoms with van der Waals surface area (Å²) in [4.78, 5) is 17.9. The molecule has 3 aromatic rings. The van der Waals surface area contributed by atoms with Gasteiger partial charge in [-0.25, -0.2) is 19.4 Å². The lowest BCUT2D eigenvalue weighted by atomic mass is 10.2. The number of hydrogen-bond acceptors (Lipinski definition) is 5. The third kappa shape index (κ3) is 2.70. The summed E-state index contributed by atoms with van der Waals surface area (Å²) in [6, 6.07) is 5.60. The molecule has 2 fully saturated rings. The zero-order valence-electron chi connectivity index (χ0n) is 13.6. The van der Waals surface area contributed by atoms with Crippen molar-refractivity contribution in [3.05, 3.63) is 42.5 Å². The highest BCUT2D eigenvalue weighted by Crippen LogP contribution is 2.39. The van der Waals surface area contributed by atoms with E-state index in [1.54, 1.807) is 18.5 Å². The molecule has 0 amide bonds. The normalized spacial score (nSPS) is 22.1. The molecule has 5 rings (SSSR count). The highest BCUT2D eigenvalue weighted by atomic mass is 19.1. The number of alkyl halides is 1. The fourth-order valence-electron chi connectivity index (χ4n) is 3.12. The number of pyridine rings is 1. The van der Waals surface area contributed by atoms with Gasteiger partial charge in [-0.15, -0.1) is 0 Å². The standard InChI is InChI=1S/C18H17FN6/c19-12-6-20-7-14(12)24-17-3-1-2-13(23-17)16-8-22-18-9-21-15(10-25(16)18)11-4-5-11/h1-3,8-12,20H,4-7H2/b24-14-/t12-/m0/s1. The molecule has 0 radical (unpaired) electrons. The van der Waals surface area contributed by atoms with E-state index in [0.717, 1.165) is 22.7 Å². The van der Waals surface area contributed by atoms with Gasteiger partial charge in [0.1, 0.15) is 0 Å². The van der Waals surface area contributed by atoms with Gasteiger partial charge in [-0.3, -0.25) is 9.38 Å². The van der Waals surface area contributed by atoms with Gasteiger partial charge in [-0.1, -0.05) is 6.07 Å². The SMILES string of the molecule is F[C@H]1CNC/C1=N/c1cccc(-c2cnc3cnc(C4CC4)cn23)n1. The molecule has 0 aromatic carbocycles. The Morgan fingerprint density at radius 3 is 2.92 bits per heavy atom. The van der Waals surface area contributed by atoms with E-state index in [0.29, 0.717) is 30.5 Å². The Morgan fingerprint density at radius 2 is 2.12 bits per heavy atom. The quantitative estimate of drug-likeness (QED) is 0.798. The average Bonchev–Trinajstić information content (AvgIpc) is 3.28. The molecule has 1 N–H and O–H groups in total. The monoisotopic (exact) mass is 336 g/mol. The highest BCUT2D eigenvalue weighted by molar-refractivity contribution is 5.94. The Hall–Kier alpha value is -2.67. The topological polar surface area (TPSA) is 67.5 Å². The number of hydrogen-bond donors (Lipinski definition) is 1. The molecular formula is C18H17FN6. The molecule has 126 valence electrons. The van der Waals surface area contributed by atoms with E-state index < -0.39 is 6.17 Å². The summed E-state index contributed by atoms with van der Waals surface area (Å²) in [5.41, 5.74) is 4.05. The van der Waals surface area contributed by atoms with E-state index >= 15 is 0 Å². The summed E-state index contributed by atoms with van der Waals surface area (Å²) < 4.78 is 15.8. The lowest BCUT2D eigenvalue weighted by Crippen LogP contribution is -2.11. The molecule has 1 saturated heterocycles. The van der Waals surface area contributed by atoms with Crippen LogP contribution in [0, 0.1) is 0 Å². The van der Waals surface area contributed by atoms with Crippen LogP contribution in [-0.4, -0.2) is 44.3 Å². The third-order valence-corrected chi connectivity index (χ3v) is 4.66. The fourth-order valence-corrected chi connectivity index (χ4v) is 3.12. The lowest BCUT2D eigenvalue weighted by molar-refractivity contribution is 0.434. The first-order valence-corrected chi connectivity index (χ1v) is 8.50. The molecule has 0 bridgehead atoms. The van der Waals surface area contributed by atoms with E-state index in [4.69, 9.17) is 0 Å². The van der Waals surface area contributed by atoms with E-state index in [-0.39, 0.29) is 0 Å². The van der Waals surface area contributed by atoms with Gasteiger partial charge in [-0.2, -0.15) is 0 Å². The second kappa shape index (κ2) is 5.70. The Labute approximate surface area is 143 Å². The first-order valence-electron chi connectivity index (χ1n) is 8.50. The van der Waals surface area contributed by atoms with Crippen molar-refractivity contribution in [2.45, 2.75) is 24.9 Å². The van der Waals surface area contributed by atoms with Crippen LogP contribution in [0.25, 0.3) is 17.0 Å². The summed E-state index contributed by atoms with van der Waals surface area (Å²) in [5.74, 6) is 1.09. The van der Waals surface area contributed by atoms with Crippen molar-refractivity contribution in [3.63, 3.8) is 0 Å². The molecule has 1 aliphatic heterocycles. The van der Waals surface area contributed by atoms with Gasteiger partial charge in [0.2, 0.25) is 0 Å². The smallest absolute Gasteiger partial charge is 0.155 e. The maximum Gasteiger partial charge on any atom is 0.155 e. The number of nitrogens with zero attached hydrogens (tertiary/aromatic N) is 5. The Bertz CT molecular complexity index is 975. The van der Waals surface area contributed by atoms with E-state index in [9.17, 15) is 4.39 Å². The van der Waals surface area contributed by atoms with Gasteiger partial charge < -0.3 is 5.32 Å². The molecule has 4 heterocycles. The Morgan fingerprint density at radius 1 is 1.20 bits per heavy atom. The second-order valence-corrected chi connectivity index (χ2v) is 6.54. The van der Waals surface area contributed by atoms with Crippen LogP contribution in [0.4, 0.5) is 10.2 Å². The van der Waals surface area contributed by atoms with Crippen LogP contribution in [-0.2, 0) is 0 Å². The zero-order chi connectivity index (χ0) is 16.8. The number of rotatable bonds is 3. The summed E-state index contributed by atoms with van der Waals surface area (Å²) in [5, 5.41) is 2.98. The first kappa shape index (κ1) is 14.7. The number of aromatic nitrogens is 4. The summed E-state index contributed by atoms with van der Waals surface area (Å²) >= 11 is 0. The second-order valence-electron chi connectivity index (χ2n) is 6.54. The van der Waals surface area contributed by atoms with Crippen molar-refractivity contribution < 1.29 is 4.39 Å². The van der Waals surface area contributed by atoms with Crippen molar-refractivity contribution in [1.29, 1.82) is 0 Å². The largest absolute Gasteiger partial charge is 0.308 e. The predicted molar refractivity (Wildman–Crippen MR) is 93.1 cm³/mol. The minimum atomic E-state index is -1.03. The van der Waals surface area contributed by atoms with Gasteiger partial charge in [0.15, 0.2) is 17.6 Å². The average molecular weight is 336 g/mol. The molecule has 1 saturated carbocycles. The maximum absolute atomic E-state index is 13.7. The fraction of sp³-hybridized carbons (Fsp3) is 0.333. The number of aliphatic imine (C=N–C) groups is 1. The van der Waals surface area contributed by atoms with E-state index in [1.165, 1.54) is 12.8 Å².